The molecule has 1 saturated heterocycles. The Bertz CT molecular complexity index is 682. The third-order valence-electron chi connectivity index (χ3n) is 5.07. The molecule has 1 heterocycles. The largest absolute Gasteiger partial charge is 0.455 e. The van der Waals surface area contributed by atoms with Crippen molar-refractivity contribution in [2.24, 2.45) is 0 Å². The molecule has 0 atom stereocenters. The highest BCUT2D eigenvalue weighted by atomic mass is 19.4. The maximum absolute atomic E-state index is 13.7. The summed E-state index contributed by atoms with van der Waals surface area (Å²) in [5.74, 6) is -5.77. The van der Waals surface area contributed by atoms with E-state index < -0.39 is 30.6 Å². The minimum Gasteiger partial charge on any atom is -0.371 e. The Labute approximate surface area is 162 Å². The number of hydrogen-bond acceptors (Lipinski definition) is 2. The van der Waals surface area contributed by atoms with Gasteiger partial charge in [-0.3, -0.25) is 4.79 Å². The molecule has 158 valence electrons. The molecule has 0 N–H and O–H groups in total. The van der Waals surface area contributed by atoms with E-state index in [0.29, 0.717) is 10.6 Å². The predicted molar refractivity (Wildman–Crippen MR) is 99.1 cm³/mol. The number of nitrogens with zero attached hydrogens (tertiary/aromatic N) is 2. The molecule has 1 fully saturated rings. The Kier molecular flexibility index (Phi) is 6.93. The lowest BCUT2D eigenvalue weighted by Gasteiger charge is -2.34. The van der Waals surface area contributed by atoms with Crippen molar-refractivity contribution in [3.05, 3.63) is 29.3 Å². The van der Waals surface area contributed by atoms with Gasteiger partial charge < -0.3 is 9.80 Å². The summed E-state index contributed by atoms with van der Waals surface area (Å²) in [4.78, 5) is 15.7. The summed E-state index contributed by atoms with van der Waals surface area (Å²) in [5, 5.41) is 0. The molecule has 1 aromatic rings. The fraction of sp³-hybridized carbons (Fsp3) is 0.650. The molecule has 0 spiro atoms. The van der Waals surface area contributed by atoms with Crippen molar-refractivity contribution in [3.63, 3.8) is 0 Å². The lowest BCUT2D eigenvalue weighted by molar-refractivity contribution is -0.285. The molecule has 0 aliphatic carbocycles. The molecular weight excluding hydrogens is 379 g/mol. The van der Waals surface area contributed by atoms with E-state index in [9.17, 15) is 26.7 Å². The van der Waals surface area contributed by atoms with Crippen LogP contribution in [-0.2, 0) is 6.42 Å². The molecule has 0 aromatic heterocycles. The second-order valence-electron chi connectivity index (χ2n) is 7.48. The summed E-state index contributed by atoms with van der Waals surface area (Å²) in [5.41, 5.74) is 1.77. The molecule has 8 heteroatoms. The number of halogens is 5. The SMILES string of the molecule is CCc1ccc(C(=O)N(CC(F)(F)C(F)(F)F)C(C)C)c(N2CCCCC2)c1. The van der Waals surface area contributed by atoms with Crippen molar-refractivity contribution < 1.29 is 26.7 Å². The third kappa shape index (κ3) is 4.94. The summed E-state index contributed by atoms with van der Waals surface area (Å²) in [7, 11) is 0. The van der Waals surface area contributed by atoms with Gasteiger partial charge >= 0.3 is 12.1 Å². The van der Waals surface area contributed by atoms with Gasteiger partial charge in [-0.15, -0.1) is 0 Å². The van der Waals surface area contributed by atoms with Crippen LogP contribution in [0.1, 0.15) is 56.0 Å². The van der Waals surface area contributed by atoms with Gasteiger partial charge in [0.15, 0.2) is 0 Å². The van der Waals surface area contributed by atoms with E-state index in [4.69, 9.17) is 0 Å². The van der Waals surface area contributed by atoms with Crippen LogP contribution in [0.2, 0.25) is 0 Å². The Hall–Kier alpha value is -1.86. The van der Waals surface area contributed by atoms with Gasteiger partial charge in [0.25, 0.3) is 5.91 Å². The van der Waals surface area contributed by atoms with Crippen molar-refractivity contribution in [2.75, 3.05) is 24.5 Å². The quantitative estimate of drug-likeness (QED) is 0.600. The number of amides is 1. The Morgan fingerprint density at radius 2 is 1.71 bits per heavy atom. The van der Waals surface area contributed by atoms with E-state index in [1.165, 1.54) is 13.8 Å². The number of aryl methyl sites for hydroxylation is 1. The second-order valence-corrected chi connectivity index (χ2v) is 7.48. The molecule has 3 nitrogen and oxygen atoms in total. The minimum absolute atomic E-state index is 0.172. The highest BCUT2D eigenvalue weighted by molar-refractivity contribution is 6.00. The molecular formula is C20H27F5N2O. The number of carbonyl (C=O) groups is 1. The summed E-state index contributed by atoms with van der Waals surface area (Å²) >= 11 is 0. The lowest BCUT2D eigenvalue weighted by Crippen LogP contribution is -2.51. The van der Waals surface area contributed by atoms with E-state index >= 15 is 0 Å². The molecule has 1 aliphatic rings. The molecule has 2 rings (SSSR count). The first-order chi connectivity index (χ1) is 13.0. The first-order valence-corrected chi connectivity index (χ1v) is 9.61. The number of rotatable bonds is 6. The monoisotopic (exact) mass is 406 g/mol. The molecule has 1 aliphatic heterocycles. The summed E-state index contributed by atoms with van der Waals surface area (Å²) < 4.78 is 65.4. The van der Waals surface area contributed by atoms with E-state index in [2.05, 4.69) is 0 Å². The van der Waals surface area contributed by atoms with E-state index in [1.807, 2.05) is 17.9 Å². The standard InChI is InChI=1S/C20H27F5N2O/c1-4-15-8-9-16(17(12-15)26-10-6-5-7-11-26)18(28)27(14(2)3)13-19(21,22)20(23,24)25/h8-9,12,14H,4-7,10-11,13H2,1-3H3. The molecule has 0 radical (unpaired) electrons. The van der Waals surface area contributed by atoms with Crippen LogP contribution in [0.25, 0.3) is 0 Å². The van der Waals surface area contributed by atoms with Crippen LogP contribution in [-0.4, -0.2) is 48.6 Å². The van der Waals surface area contributed by atoms with Crippen LogP contribution in [0.5, 0.6) is 0 Å². The molecule has 28 heavy (non-hydrogen) atoms. The van der Waals surface area contributed by atoms with Crippen molar-refractivity contribution in [2.45, 2.75) is 64.6 Å². The van der Waals surface area contributed by atoms with Gasteiger partial charge in [-0.2, -0.15) is 22.0 Å². The van der Waals surface area contributed by atoms with Crippen LogP contribution in [0.3, 0.4) is 0 Å². The first-order valence-electron chi connectivity index (χ1n) is 9.61. The van der Waals surface area contributed by atoms with Crippen molar-refractivity contribution in [3.8, 4) is 0 Å². The normalized spacial score (nSPS) is 15.8. The van der Waals surface area contributed by atoms with Gasteiger partial charge in [0.1, 0.15) is 0 Å². The van der Waals surface area contributed by atoms with Gasteiger partial charge in [-0.25, -0.2) is 0 Å². The topological polar surface area (TPSA) is 23.6 Å². The maximum atomic E-state index is 13.7. The summed E-state index contributed by atoms with van der Waals surface area (Å²) in [6, 6.07) is 4.31. The molecule has 1 aromatic carbocycles. The molecule has 0 unspecified atom stereocenters. The molecule has 1 amide bonds. The Morgan fingerprint density at radius 3 is 2.21 bits per heavy atom. The molecule has 0 bridgehead atoms. The maximum Gasteiger partial charge on any atom is 0.455 e. The Balaban J connectivity index is 2.41. The van der Waals surface area contributed by atoms with E-state index in [1.54, 1.807) is 12.1 Å². The van der Waals surface area contributed by atoms with Crippen molar-refractivity contribution in [1.82, 2.24) is 4.90 Å². The minimum atomic E-state index is -5.71. The van der Waals surface area contributed by atoms with Gasteiger partial charge in [0.2, 0.25) is 0 Å². The van der Waals surface area contributed by atoms with Gasteiger partial charge in [-0.1, -0.05) is 13.0 Å². The number of benzene rings is 1. The fourth-order valence-electron chi connectivity index (χ4n) is 3.32. The van der Waals surface area contributed by atoms with Crippen LogP contribution in [0.4, 0.5) is 27.6 Å². The highest BCUT2D eigenvalue weighted by Gasteiger charge is 2.58. The van der Waals surface area contributed by atoms with Crippen LogP contribution < -0.4 is 4.90 Å². The number of hydrogen-bond donors (Lipinski definition) is 0. The zero-order chi connectivity index (χ0) is 21.1. The summed E-state index contributed by atoms with van der Waals surface area (Å²) in [6.07, 6.45) is -2.01. The van der Waals surface area contributed by atoms with E-state index in [-0.39, 0.29) is 5.56 Å². The fourth-order valence-corrected chi connectivity index (χ4v) is 3.32. The van der Waals surface area contributed by atoms with Crippen LogP contribution >= 0.6 is 0 Å². The van der Waals surface area contributed by atoms with Gasteiger partial charge in [-0.05, 0) is 57.2 Å². The van der Waals surface area contributed by atoms with Crippen molar-refractivity contribution >= 4 is 11.6 Å². The number of alkyl halides is 5. The third-order valence-corrected chi connectivity index (χ3v) is 5.07. The average molecular weight is 406 g/mol. The summed E-state index contributed by atoms with van der Waals surface area (Å²) in [6.45, 7) is 4.60. The predicted octanol–water partition coefficient (Wildman–Crippen LogP) is 5.29. The molecule has 0 saturated carbocycles. The van der Waals surface area contributed by atoms with Crippen LogP contribution in [0.15, 0.2) is 18.2 Å². The van der Waals surface area contributed by atoms with Gasteiger partial charge in [0.05, 0.1) is 12.1 Å². The highest BCUT2D eigenvalue weighted by Crippen LogP contribution is 2.37. The zero-order valence-corrected chi connectivity index (χ0v) is 16.5. The second kappa shape index (κ2) is 8.66. The Morgan fingerprint density at radius 1 is 1.11 bits per heavy atom. The van der Waals surface area contributed by atoms with E-state index in [0.717, 1.165) is 44.3 Å². The first kappa shape index (κ1) is 22.4. The van der Waals surface area contributed by atoms with Gasteiger partial charge in [0, 0.05) is 24.8 Å². The smallest absolute Gasteiger partial charge is 0.371 e. The average Bonchev–Trinajstić information content (AvgIpc) is 2.64. The number of anilines is 1. The number of carbonyl (C=O) groups excluding carboxylic acids is 1. The number of piperidine rings is 1. The van der Waals surface area contributed by atoms with Crippen LogP contribution in [0, 0.1) is 0 Å². The lowest BCUT2D eigenvalue weighted by atomic mass is 10.0. The zero-order valence-electron chi connectivity index (χ0n) is 16.5. The van der Waals surface area contributed by atoms with Crippen molar-refractivity contribution in [1.29, 1.82) is 0 Å².